The lowest BCUT2D eigenvalue weighted by atomic mass is 9.92. The second-order valence-corrected chi connectivity index (χ2v) is 12.7. The van der Waals surface area contributed by atoms with Crippen molar-refractivity contribution in [1.82, 2.24) is 0 Å². The lowest BCUT2D eigenvalue weighted by Crippen LogP contribution is -2.43. The molecule has 2 N–H and O–H groups in total. The largest absolute Gasteiger partial charge is 0.379 e. The van der Waals surface area contributed by atoms with Gasteiger partial charge < -0.3 is 81.5 Å². The Labute approximate surface area is 370 Å². The van der Waals surface area contributed by atoms with E-state index in [1.807, 2.05) is 0 Å². The summed E-state index contributed by atoms with van der Waals surface area (Å²) in [5, 5.41) is 10.2. The molecule has 0 saturated heterocycles. The molecule has 0 fully saturated rings. The number of azide groups is 3. The van der Waals surface area contributed by atoms with Crippen molar-refractivity contribution >= 4 is 0 Å². The molecule has 0 unspecified atom stereocenters. The molecule has 63 heavy (non-hydrogen) atoms. The summed E-state index contributed by atoms with van der Waals surface area (Å²) in [6.07, 6.45) is 0. The monoisotopic (exact) mass is 915 g/mol. The molecule has 0 aliphatic rings. The van der Waals surface area contributed by atoms with Crippen LogP contribution in [0.25, 0.3) is 31.3 Å². The topological polar surface area (TPSA) is 320 Å². The van der Waals surface area contributed by atoms with E-state index in [4.69, 9.17) is 98.1 Å². The summed E-state index contributed by atoms with van der Waals surface area (Å²) in [4.78, 5) is 8.03. The van der Waals surface area contributed by atoms with Crippen LogP contribution < -0.4 is 5.73 Å². The van der Waals surface area contributed by atoms with Crippen LogP contribution in [-0.2, 0) is 75.8 Å². The van der Waals surface area contributed by atoms with Crippen LogP contribution in [0.4, 0.5) is 0 Å². The number of ether oxygens (including phenoxy) is 16. The Hall–Kier alpha value is -2.75. The molecule has 0 spiro atoms. The number of rotatable bonds is 55. The van der Waals surface area contributed by atoms with Crippen molar-refractivity contribution in [1.29, 1.82) is 0 Å². The summed E-state index contributed by atoms with van der Waals surface area (Å²) in [7, 11) is 0. The van der Waals surface area contributed by atoms with E-state index in [1.165, 1.54) is 0 Å². The normalized spacial score (nSPS) is 12.1. The van der Waals surface area contributed by atoms with Gasteiger partial charge in [0.25, 0.3) is 0 Å². The third kappa shape index (κ3) is 48.5. The average Bonchev–Trinajstić information content (AvgIpc) is 3.29. The third-order valence-electron chi connectivity index (χ3n) is 7.56. The minimum atomic E-state index is -0.697. The van der Waals surface area contributed by atoms with Crippen molar-refractivity contribution in [2.75, 3.05) is 238 Å². The predicted octanol–water partition coefficient (Wildman–Crippen LogP) is 2.13. The van der Waals surface area contributed by atoms with Gasteiger partial charge in [-0.1, -0.05) is 15.3 Å². The molecule has 368 valence electrons. The molecule has 0 rings (SSSR count). The van der Waals surface area contributed by atoms with E-state index in [2.05, 4.69) is 30.1 Å². The molecule has 26 heteroatoms. The zero-order valence-electron chi connectivity index (χ0n) is 37.1. The summed E-state index contributed by atoms with van der Waals surface area (Å²) in [6, 6.07) is 0. The van der Waals surface area contributed by atoms with Crippen LogP contribution in [0.15, 0.2) is 15.3 Å². The first-order valence-electron chi connectivity index (χ1n) is 21.2. The zero-order chi connectivity index (χ0) is 45.5. The molecule has 0 aromatic heterocycles. The predicted molar refractivity (Wildman–Crippen MR) is 227 cm³/mol. The fraction of sp³-hybridized carbons (Fsp3) is 1.00. The van der Waals surface area contributed by atoms with Gasteiger partial charge in [-0.3, -0.25) is 0 Å². The quantitative estimate of drug-likeness (QED) is 0.0395. The van der Waals surface area contributed by atoms with Crippen molar-refractivity contribution in [2.24, 2.45) is 26.5 Å². The minimum absolute atomic E-state index is 0.250. The molecule has 26 nitrogen and oxygen atoms in total. The Bertz CT molecular complexity index is 990. The highest BCUT2D eigenvalue weighted by molar-refractivity contribution is 4.79. The molecule has 0 aromatic carbocycles. The van der Waals surface area contributed by atoms with Crippen molar-refractivity contribution < 1.29 is 75.8 Å². The average molecular weight is 915 g/mol. The standard InChI is InChI=1S/C37H74N10O16/c38-1-5-48-9-13-52-17-21-56-25-29-60-33-37(34-61-30-26-57-22-18-53-14-10-49-6-2-42-45-39,35-62-31-27-58-23-19-54-15-11-50-7-3-43-46-40)36-63-32-28-59-24-20-55-16-12-51-8-4-44-47-41/h1-36,38H2. The Morgan fingerprint density at radius 2 is 0.444 bits per heavy atom. The Balaban J connectivity index is 4.96. The number of nitrogens with zero attached hydrogens (tertiary/aromatic N) is 9. The van der Waals surface area contributed by atoms with Crippen LogP contribution in [0.1, 0.15) is 0 Å². The highest BCUT2D eigenvalue weighted by Crippen LogP contribution is 2.21. The highest BCUT2D eigenvalue weighted by Gasteiger charge is 2.32. The molecule has 0 atom stereocenters. The smallest absolute Gasteiger partial charge is 0.0701 e. The van der Waals surface area contributed by atoms with Crippen LogP contribution in [0.5, 0.6) is 0 Å². The lowest BCUT2D eigenvalue weighted by Gasteiger charge is -2.33. The van der Waals surface area contributed by atoms with Gasteiger partial charge in [0.05, 0.1) is 217 Å². The van der Waals surface area contributed by atoms with Gasteiger partial charge in [-0.25, -0.2) is 0 Å². The van der Waals surface area contributed by atoms with Gasteiger partial charge in [-0.2, -0.15) is 0 Å². The van der Waals surface area contributed by atoms with Crippen molar-refractivity contribution in [2.45, 2.75) is 0 Å². The second-order valence-electron chi connectivity index (χ2n) is 12.7. The third-order valence-corrected chi connectivity index (χ3v) is 7.56. The molecule has 0 amide bonds. The van der Waals surface area contributed by atoms with E-state index < -0.39 is 5.41 Å². The number of nitrogens with two attached hydrogens (primary N) is 1. The fourth-order valence-electron chi connectivity index (χ4n) is 4.58. The van der Waals surface area contributed by atoms with Gasteiger partial charge in [0.15, 0.2) is 0 Å². The van der Waals surface area contributed by atoms with Crippen LogP contribution in [0.3, 0.4) is 0 Å². The van der Waals surface area contributed by atoms with Crippen LogP contribution in [-0.4, -0.2) is 238 Å². The molecular formula is C37H74N10O16. The van der Waals surface area contributed by atoms with E-state index in [0.717, 1.165) is 0 Å². The highest BCUT2D eigenvalue weighted by atomic mass is 16.6. The molecule has 0 aliphatic carbocycles. The van der Waals surface area contributed by atoms with Crippen molar-refractivity contribution in [3.8, 4) is 0 Å². The Morgan fingerprint density at radius 3 is 0.635 bits per heavy atom. The van der Waals surface area contributed by atoms with Gasteiger partial charge in [0, 0.05) is 40.9 Å². The van der Waals surface area contributed by atoms with E-state index in [-0.39, 0.29) is 46.1 Å². The molecule has 0 aliphatic heterocycles. The molecule has 0 saturated carbocycles. The van der Waals surface area contributed by atoms with E-state index in [9.17, 15) is 0 Å². The Kier molecular flexibility index (Phi) is 51.2. The number of hydrogen-bond donors (Lipinski definition) is 1. The SMILES string of the molecule is [N-]=[N+]=NCCOCCOCCOCCOCC(COCCOCCOCCOCCN)(COCCOCCOCCOCCN=[N+]=[N-])COCCOCCOCCOCCN=[N+]=[N-]. The first-order chi connectivity index (χ1) is 31.2. The zero-order valence-corrected chi connectivity index (χ0v) is 37.1. The van der Waals surface area contributed by atoms with Gasteiger partial charge in [0.2, 0.25) is 0 Å². The lowest BCUT2D eigenvalue weighted by molar-refractivity contribution is -0.123. The molecule has 0 bridgehead atoms. The van der Waals surface area contributed by atoms with Gasteiger partial charge >= 0.3 is 0 Å². The summed E-state index contributed by atoms with van der Waals surface area (Å²) in [6.45, 7) is 13.0. The minimum Gasteiger partial charge on any atom is -0.379 e. The summed E-state index contributed by atoms with van der Waals surface area (Å²) < 4.78 is 90.4. The van der Waals surface area contributed by atoms with Crippen LogP contribution in [0.2, 0.25) is 0 Å². The maximum atomic E-state index is 8.30. The molecule has 0 heterocycles. The molecule has 0 aromatic rings. The molecular weight excluding hydrogens is 840 g/mol. The van der Waals surface area contributed by atoms with E-state index >= 15 is 0 Å². The van der Waals surface area contributed by atoms with Crippen molar-refractivity contribution in [3.63, 3.8) is 0 Å². The van der Waals surface area contributed by atoms with Crippen LogP contribution >= 0.6 is 0 Å². The Morgan fingerprint density at radius 1 is 0.270 bits per heavy atom. The van der Waals surface area contributed by atoms with Gasteiger partial charge in [-0.05, 0) is 16.6 Å². The molecule has 0 radical (unpaired) electrons. The second kappa shape index (κ2) is 53.6. The van der Waals surface area contributed by atoms with Gasteiger partial charge in [-0.15, -0.1) is 0 Å². The van der Waals surface area contributed by atoms with Gasteiger partial charge in [0.1, 0.15) is 0 Å². The maximum Gasteiger partial charge on any atom is 0.0701 e. The first kappa shape index (κ1) is 60.2. The summed E-state index contributed by atoms with van der Waals surface area (Å²) in [5.74, 6) is 0. The summed E-state index contributed by atoms with van der Waals surface area (Å²) >= 11 is 0. The fourth-order valence-corrected chi connectivity index (χ4v) is 4.58. The van der Waals surface area contributed by atoms with E-state index in [1.54, 1.807) is 0 Å². The number of hydrogen-bond acceptors (Lipinski definition) is 20. The van der Waals surface area contributed by atoms with Crippen LogP contribution in [0, 0.1) is 5.41 Å². The van der Waals surface area contributed by atoms with E-state index in [0.29, 0.717) is 192 Å². The first-order valence-corrected chi connectivity index (χ1v) is 21.2. The maximum absolute atomic E-state index is 8.30. The summed E-state index contributed by atoms with van der Waals surface area (Å²) in [5.41, 5.74) is 29.6. The van der Waals surface area contributed by atoms with Crippen molar-refractivity contribution in [3.05, 3.63) is 31.3 Å².